The summed E-state index contributed by atoms with van der Waals surface area (Å²) < 4.78 is 39.4. The van der Waals surface area contributed by atoms with Crippen molar-refractivity contribution in [2.45, 2.75) is 19.5 Å². The summed E-state index contributed by atoms with van der Waals surface area (Å²) in [4.78, 5) is 4.22. The Labute approximate surface area is 123 Å². The molecule has 0 fully saturated rings. The molecule has 0 spiro atoms. The Morgan fingerprint density at radius 2 is 1.95 bits per heavy atom. The molecule has 0 aliphatic carbocycles. The Hall–Kier alpha value is -2.57. The van der Waals surface area contributed by atoms with Crippen LogP contribution in [0.3, 0.4) is 0 Å². The smallest absolute Gasteiger partial charge is 0.416 e. The summed E-state index contributed by atoms with van der Waals surface area (Å²) in [6.45, 7) is 1.74. The van der Waals surface area contributed by atoms with Crippen molar-refractivity contribution in [1.82, 2.24) is 14.6 Å². The van der Waals surface area contributed by atoms with E-state index in [4.69, 9.17) is 0 Å². The van der Waals surface area contributed by atoms with Crippen LogP contribution in [0.25, 0.3) is 5.65 Å². The zero-order chi connectivity index (χ0) is 15.9. The zero-order valence-electron chi connectivity index (χ0n) is 11.6. The molecule has 3 rings (SSSR count). The third kappa shape index (κ3) is 2.74. The number of fused-ring (bicyclic) bond motifs is 1. The van der Waals surface area contributed by atoms with Gasteiger partial charge in [-0.2, -0.15) is 22.8 Å². The number of hydrogen-bond donors (Lipinski definition) is 1. The first-order chi connectivity index (χ1) is 10.3. The van der Waals surface area contributed by atoms with Crippen molar-refractivity contribution >= 4 is 5.65 Å². The van der Waals surface area contributed by atoms with Gasteiger partial charge in [0, 0.05) is 24.2 Å². The van der Waals surface area contributed by atoms with Crippen LogP contribution in [0, 0.1) is 6.92 Å². The van der Waals surface area contributed by atoms with Gasteiger partial charge in [-0.25, -0.2) is 4.98 Å². The average Bonchev–Trinajstić information content (AvgIpc) is 2.80. The fourth-order valence-corrected chi connectivity index (χ4v) is 2.28. The van der Waals surface area contributed by atoms with Gasteiger partial charge in [-0.1, -0.05) is 18.2 Å². The van der Waals surface area contributed by atoms with Crippen LogP contribution in [0.2, 0.25) is 0 Å². The number of rotatable bonds is 2. The zero-order valence-corrected chi connectivity index (χ0v) is 11.6. The Bertz CT molecular complexity index is 840. The van der Waals surface area contributed by atoms with Gasteiger partial charge in [0.15, 0.2) is 5.65 Å². The molecule has 7 heteroatoms. The first kappa shape index (κ1) is 14.4. The van der Waals surface area contributed by atoms with Crippen LogP contribution < -0.4 is 0 Å². The first-order valence-electron chi connectivity index (χ1n) is 6.54. The number of aromatic hydroxyl groups is 1. The van der Waals surface area contributed by atoms with Gasteiger partial charge >= 0.3 is 6.18 Å². The highest BCUT2D eigenvalue weighted by molar-refractivity contribution is 5.44. The van der Waals surface area contributed by atoms with Crippen molar-refractivity contribution in [3.63, 3.8) is 0 Å². The second kappa shape index (κ2) is 5.01. The molecule has 1 N–H and O–H groups in total. The minimum atomic E-state index is -4.37. The molecule has 4 nitrogen and oxygen atoms in total. The van der Waals surface area contributed by atoms with Crippen LogP contribution in [-0.4, -0.2) is 19.7 Å². The van der Waals surface area contributed by atoms with Crippen molar-refractivity contribution in [2.24, 2.45) is 0 Å². The van der Waals surface area contributed by atoms with Crippen LogP contribution in [0.1, 0.15) is 22.5 Å². The maximum Gasteiger partial charge on any atom is 0.416 e. The fraction of sp³-hybridized carbons (Fsp3) is 0.200. The highest BCUT2D eigenvalue weighted by Gasteiger charge is 2.30. The largest absolute Gasteiger partial charge is 0.493 e. The lowest BCUT2D eigenvalue weighted by molar-refractivity contribution is -0.137. The molecule has 0 amide bonds. The van der Waals surface area contributed by atoms with Crippen LogP contribution >= 0.6 is 0 Å². The maximum atomic E-state index is 12.7. The summed E-state index contributed by atoms with van der Waals surface area (Å²) in [5, 5.41) is 14.0. The van der Waals surface area contributed by atoms with Crippen molar-refractivity contribution in [3.05, 3.63) is 58.9 Å². The van der Waals surface area contributed by atoms with Crippen molar-refractivity contribution < 1.29 is 18.3 Å². The predicted octanol–water partition coefficient (Wildman–Crippen LogP) is 3.35. The summed E-state index contributed by atoms with van der Waals surface area (Å²) in [7, 11) is 0. The second-order valence-corrected chi connectivity index (χ2v) is 5.04. The molecule has 0 aliphatic rings. The maximum absolute atomic E-state index is 12.7. The molecular weight excluding hydrogens is 295 g/mol. The molecule has 0 atom stereocenters. The van der Waals surface area contributed by atoms with Gasteiger partial charge in [0.2, 0.25) is 5.88 Å². The van der Waals surface area contributed by atoms with Crippen molar-refractivity contribution in [3.8, 4) is 5.88 Å². The highest BCUT2D eigenvalue weighted by atomic mass is 19.4. The SMILES string of the molecule is Cc1cc(O)n2nc(Cc3cccc(C(F)(F)F)c3)cc2n1. The van der Waals surface area contributed by atoms with Crippen LogP contribution in [-0.2, 0) is 12.6 Å². The van der Waals surface area contributed by atoms with Gasteiger partial charge in [0.05, 0.1) is 11.3 Å². The number of aryl methyl sites for hydroxylation is 1. The van der Waals surface area contributed by atoms with Gasteiger partial charge in [0.1, 0.15) is 0 Å². The molecule has 22 heavy (non-hydrogen) atoms. The third-order valence-electron chi connectivity index (χ3n) is 3.23. The minimum Gasteiger partial charge on any atom is -0.493 e. The number of nitrogens with zero attached hydrogens (tertiary/aromatic N) is 3. The molecule has 1 aromatic carbocycles. The summed E-state index contributed by atoms with van der Waals surface area (Å²) in [5.41, 5.74) is 1.43. The van der Waals surface area contributed by atoms with Crippen LogP contribution in [0.5, 0.6) is 5.88 Å². The van der Waals surface area contributed by atoms with Crippen LogP contribution in [0.4, 0.5) is 13.2 Å². The van der Waals surface area contributed by atoms with Gasteiger partial charge in [-0.3, -0.25) is 0 Å². The predicted molar refractivity (Wildman–Crippen MR) is 73.6 cm³/mol. The normalized spacial score (nSPS) is 12.0. The molecule has 114 valence electrons. The van der Waals surface area contributed by atoms with E-state index in [0.717, 1.165) is 12.1 Å². The van der Waals surface area contributed by atoms with E-state index in [2.05, 4.69) is 10.1 Å². The number of alkyl halides is 3. The molecular formula is C15H12F3N3O. The quantitative estimate of drug-likeness (QED) is 0.790. The first-order valence-corrected chi connectivity index (χ1v) is 6.54. The monoisotopic (exact) mass is 307 g/mol. The van der Waals surface area contributed by atoms with Gasteiger partial charge in [-0.15, -0.1) is 0 Å². The van der Waals surface area contributed by atoms with E-state index in [1.807, 2.05) is 0 Å². The highest BCUT2D eigenvalue weighted by Crippen LogP contribution is 2.30. The van der Waals surface area contributed by atoms with Crippen LogP contribution in [0.15, 0.2) is 36.4 Å². The fourth-order valence-electron chi connectivity index (χ4n) is 2.28. The van der Waals surface area contributed by atoms with Crippen molar-refractivity contribution in [2.75, 3.05) is 0 Å². The summed E-state index contributed by atoms with van der Waals surface area (Å²) in [6, 6.07) is 8.22. The van der Waals surface area contributed by atoms with E-state index in [9.17, 15) is 18.3 Å². The van der Waals surface area contributed by atoms with E-state index >= 15 is 0 Å². The van der Waals surface area contributed by atoms with E-state index in [1.54, 1.807) is 19.1 Å². The summed E-state index contributed by atoms with van der Waals surface area (Å²) in [5.74, 6) is -0.0576. The lowest BCUT2D eigenvalue weighted by Crippen LogP contribution is -2.05. The van der Waals surface area contributed by atoms with E-state index < -0.39 is 11.7 Å². The third-order valence-corrected chi connectivity index (χ3v) is 3.23. The standard InChI is InChI=1S/C15H12F3N3O/c1-9-5-14(22)21-13(19-9)8-12(20-21)7-10-3-2-4-11(6-10)15(16,17)18/h2-6,8,22H,7H2,1H3. The summed E-state index contributed by atoms with van der Waals surface area (Å²) in [6.07, 6.45) is -4.14. The average molecular weight is 307 g/mol. The topological polar surface area (TPSA) is 50.4 Å². The van der Waals surface area contributed by atoms with Gasteiger partial charge < -0.3 is 5.11 Å². The Morgan fingerprint density at radius 3 is 2.68 bits per heavy atom. The Morgan fingerprint density at radius 1 is 1.18 bits per heavy atom. The number of benzene rings is 1. The second-order valence-electron chi connectivity index (χ2n) is 5.04. The molecule has 0 saturated heterocycles. The number of hydrogen-bond acceptors (Lipinski definition) is 3. The molecule has 2 heterocycles. The van der Waals surface area contributed by atoms with Gasteiger partial charge in [-0.05, 0) is 18.6 Å². The molecule has 3 aromatic rings. The lowest BCUT2D eigenvalue weighted by atomic mass is 10.1. The summed E-state index contributed by atoms with van der Waals surface area (Å²) >= 11 is 0. The Kier molecular flexibility index (Phi) is 3.27. The van der Waals surface area contributed by atoms with Crippen molar-refractivity contribution in [1.29, 1.82) is 0 Å². The van der Waals surface area contributed by atoms with E-state index in [1.165, 1.54) is 16.6 Å². The molecule has 2 aromatic heterocycles. The van der Waals surface area contributed by atoms with Gasteiger partial charge in [0.25, 0.3) is 0 Å². The van der Waals surface area contributed by atoms with E-state index in [0.29, 0.717) is 22.6 Å². The van der Waals surface area contributed by atoms with E-state index in [-0.39, 0.29) is 12.3 Å². The molecule has 0 bridgehead atoms. The number of halogens is 3. The Balaban J connectivity index is 1.95. The molecule has 0 unspecified atom stereocenters. The lowest BCUT2D eigenvalue weighted by Gasteiger charge is -2.07. The molecule has 0 aliphatic heterocycles. The minimum absolute atomic E-state index is 0.0576. The molecule has 0 saturated carbocycles. The molecule has 0 radical (unpaired) electrons. The number of aromatic nitrogens is 3.